The van der Waals surface area contributed by atoms with Crippen molar-refractivity contribution in [2.24, 2.45) is 0 Å². The van der Waals surface area contributed by atoms with E-state index >= 15 is 0 Å². The van der Waals surface area contributed by atoms with Gasteiger partial charge >= 0.3 is 6.09 Å². The molecule has 0 aliphatic carbocycles. The molecule has 22 heavy (non-hydrogen) atoms. The summed E-state index contributed by atoms with van der Waals surface area (Å²) in [5.74, 6) is 0. The normalized spacial score (nSPS) is 14.5. The fourth-order valence-electron chi connectivity index (χ4n) is 2.63. The minimum atomic E-state index is -0.448. The molecule has 0 atom stereocenters. The molecular formula is C18H28N2O2. The summed E-state index contributed by atoms with van der Waals surface area (Å²) < 4.78 is 5.50. The Kier molecular flexibility index (Phi) is 5.33. The fourth-order valence-corrected chi connectivity index (χ4v) is 2.63. The van der Waals surface area contributed by atoms with Gasteiger partial charge in [0.15, 0.2) is 0 Å². The molecule has 2 rings (SSSR count). The van der Waals surface area contributed by atoms with E-state index in [4.69, 9.17) is 4.74 Å². The molecule has 1 aliphatic heterocycles. The zero-order valence-corrected chi connectivity index (χ0v) is 14.2. The first-order valence-electron chi connectivity index (χ1n) is 8.23. The molecule has 1 aromatic rings. The highest BCUT2D eigenvalue weighted by Crippen LogP contribution is 2.27. The number of nitrogens with one attached hydrogen (secondary N) is 1. The van der Waals surface area contributed by atoms with Gasteiger partial charge in [-0.25, -0.2) is 4.79 Å². The molecule has 1 N–H and O–H groups in total. The van der Waals surface area contributed by atoms with Crippen LogP contribution in [0.1, 0.15) is 51.7 Å². The van der Waals surface area contributed by atoms with E-state index in [0.29, 0.717) is 6.54 Å². The molecule has 1 heterocycles. The van der Waals surface area contributed by atoms with Gasteiger partial charge in [0.2, 0.25) is 0 Å². The van der Waals surface area contributed by atoms with Crippen LogP contribution in [0.3, 0.4) is 0 Å². The molecule has 1 aliphatic rings. The van der Waals surface area contributed by atoms with Crippen LogP contribution < -0.4 is 5.32 Å². The van der Waals surface area contributed by atoms with Crippen LogP contribution in [0, 0.1) is 0 Å². The Balaban J connectivity index is 2.09. The SMILES string of the molecule is CCCCNc1cccc2c1CN(C(=O)OC(C)(C)C)CC2. The summed E-state index contributed by atoms with van der Waals surface area (Å²) in [7, 11) is 0. The van der Waals surface area contributed by atoms with E-state index in [1.54, 1.807) is 4.90 Å². The minimum absolute atomic E-state index is 0.221. The van der Waals surface area contributed by atoms with E-state index in [2.05, 4.69) is 30.4 Å². The van der Waals surface area contributed by atoms with E-state index in [1.165, 1.54) is 17.5 Å². The Hall–Kier alpha value is -1.71. The average Bonchev–Trinajstić information content (AvgIpc) is 2.45. The molecule has 0 spiro atoms. The van der Waals surface area contributed by atoms with Gasteiger partial charge in [-0.15, -0.1) is 0 Å². The lowest BCUT2D eigenvalue weighted by molar-refractivity contribution is 0.0224. The number of fused-ring (bicyclic) bond motifs is 1. The Morgan fingerprint density at radius 2 is 2.14 bits per heavy atom. The first-order valence-corrected chi connectivity index (χ1v) is 8.23. The van der Waals surface area contributed by atoms with Gasteiger partial charge in [-0.2, -0.15) is 0 Å². The smallest absolute Gasteiger partial charge is 0.410 e. The maximum Gasteiger partial charge on any atom is 0.410 e. The molecule has 4 nitrogen and oxygen atoms in total. The molecular weight excluding hydrogens is 276 g/mol. The standard InChI is InChI=1S/C18H28N2O2/c1-5-6-11-19-16-9-7-8-14-10-12-20(13-15(14)16)17(21)22-18(2,3)4/h7-9,19H,5-6,10-13H2,1-4H3. The molecule has 1 aromatic carbocycles. The molecule has 4 heteroatoms. The zero-order valence-electron chi connectivity index (χ0n) is 14.2. The number of hydrogen-bond donors (Lipinski definition) is 1. The van der Waals surface area contributed by atoms with Gasteiger partial charge in [0, 0.05) is 18.8 Å². The quantitative estimate of drug-likeness (QED) is 0.848. The second-order valence-electron chi connectivity index (χ2n) is 6.88. The first kappa shape index (κ1) is 16.7. The van der Waals surface area contributed by atoms with Crippen molar-refractivity contribution in [2.45, 2.75) is 59.1 Å². The molecule has 122 valence electrons. The molecule has 0 fully saturated rings. The largest absolute Gasteiger partial charge is 0.444 e. The van der Waals surface area contributed by atoms with Crippen LogP contribution in [0.25, 0.3) is 0 Å². The monoisotopic (exact) mass is 304 g/mol. The number of carbonyl (C=O) groups is 1. The van der Waals surface area contributed by atoms with Gasteiger partial charge in [-0.3, -0.25) is 0 Å². The van der Waals surface area contributed by atoms with Crippen molar-refractivity contribution in [3.05, 3.63) is 29.3 Å². The van der Waals surface area contributed by atoms with Crippen LogP contribution in [0.2, 0.25) is 0 Å². The van der Waals surface area contributed by atoms with Gasteiger partial charge in [0.1, 0.15) is 5.60 Å². The number of hydrogen-bond acceptors (Lipinski definition) is 3. The van der Waals surface area contributed by atoms with E-state index < -0.39 is 5.60 Å². The third-order valence-corrected chi connectivity index (χ3v) is 3.77. The van der Waals surface area contributed by atoms with Gasteiger partial charge in [0.25, 0.3) is 0 Å². The Morgan fingerprint density at radius 1 is 1.36 bits per heavy atom. The molecule has 0 saturated heterocycles. The second kappa shape index (κ2) is 7.03. The Labute approximate surface area is 133 Å². The van der Waals surface area contributed by atoms with Crippen LogP contribution in [0.5, 0.6) is 0 Å². The van der Waals surface area contributed by atoms with Gasteiger partial charge in [-0.05, 0) is 50.8 Å². The van der Waals surface area contributed by atoms with Crippen molar-refractivity contribution < 1.29 is 9.53 Å². The van der Waals surface area contributed by atoms with Gasteiger partial charge in [0.05, 0.1) is 6.54 Å². The summed E-state index contributed by atoms with van der Waals surface area (Å²) in [4.78, 5) is 14.1. The molecule has 0 aromatic heterocycles. The van der Waals surface area contributed by atoms with Gasteiger partial charge < -0.3 is 15.0 Å². The second-order valence-corrected chi connectivity index (χ2v) is 6.88. The predicted molar refractivity (Wildman–Crippen MR) is 90.2 cm³/mol. The third-order valence-electron chi connectivity index (χ3n) is 3.77. The molecule has 0 saturated carbocycles. The number of nitrogens with zero attached hydrogens (tertiary/aromatic N) is 1. The van der Waals surface area contributed by atoms with Crippen molar-refractivity contribution in [1.29, 1.82) is 0 Å². The lowest BCUT2D eigenvalue weighted by Crippen LogP contribution is -2.40. The Bertz CT molecular complexity index is 520. The first-order chi connectivity index (χ1) is 10.4. The number of rotatable bonds is 4. The van der Waals surface area contributed by atoms with Crippen molar-refractivity contribution in [3.8, 4) is 0 Å². The number of benzene rings is 1. The predicted octanol–water partition coefficient (Wildman–Crippen LogP) is 4.19. The highest BCUT2D eigenvalue weighted by molar-refractivity contribution is 5.69. The topological polar surface area (TPSA) is 41.6 Å². The van der Waals surface area contributed by atoms with Crippen LogP contribution in [-0.2, 0) is 17.7 Å². The zero-order chi connectivity index (χ0) is 16.2. The lowest BCUT2D eigenvalue weighted by Gasteiger charge is -2.32. The average molecular weight is 304 g/mol. The van der Waals surface area contributed by atoms with Crippen LogP contribution in [0.4, 0.5) is 10.5 Å². The summed E-state index contributed by atoms with van der Waals surface area (Å²) in [5, 5.41) is 3.50. The highest BCUT2D eigenvalue weighted by Gasteiger charge is 2.26. The van der Waals surface area contributed by atoms with E-state index in [0.717, 1.165) is 31.6 Å². The lowest BCUT2D eigenvalue weighted by atomic mass is 9.98. The fraction of sp³-hybridized carbons (Fsp3) is 0.611. The van der Waals surface area contributed by atoms with Crippen molar-refractivity contribution in [1.82, 2.24) is 4.90 Å². The Morgan fingerprint density at radius 3 is 2.82 bits per heavy atom. The van der Waals surface area contributed by atoms with Crippen LogP contribution >= 0.6 is 0 Å². The van der Waals surface area contributed by atoms with E-state index in [1.807, 2.05) is 20.8 Å². The van der Waals surface area contributed by atoms with Crippen molar-refractivity contribution in [2.75, 3.05) is 18.4 Å². The summed E-state index contributed by atoms with van der Waals surface area (Å²) in [6.45, 7) is 10.2. The molecule has 1 amide bonds. The van der Waals surface area contributed by atoms with Crippen molar-refractivity contribution >= 4 is 11.8 Å². The number of unbranched alkanes of at least 4 members (excludes halogenated alkanes) is 1. The summed E-state index contributed by atoms with van der Waals surface area (Å²) in [6, 6.07) is 6.36. The van der Waals surface area contributed by atoms with Crippen LogP contribution in [-0.4, -0.2) is 29.7 Å². The van der Waals surface area contributed by atoms with Crippen molar-refractivity contribution in [3.63, 3.8) is 0 Å². The third kappa shape index (κ3) is 4.39. The summed E-state index contributed by atoms with van der Waals surface area (Å²) >= 11 is 0. The van der Waals surface area contributed by atoms with Crippen LogP contribution in [0.15, 0.2) is 18.2 Å². The number of carbonyl (C=O) groups excluding carboxylic acids is 1. The maximum absolute atomic E-state index is 12.3. The number of amides is 1. The maximum atomic E-state index is 12.3. The van der Waals surface area contributed by atoms with E-state index in [-0.39, 0.29) is 6.09 Å². The number of ether oxygens (including phenoxy) is 1. The number of anilines is 1. The minimum Gasteiger partial charge on any atom is -0.444 e. The molecule has 0 bridgehead atoms. The van der Waals surface area contributed by atoms with E-state index in [9.17, 15) is 4.79 Å². The summed E-state index contributed by atoms with van der Waals surface area (Å²) in [5.41, 5.74) is 3.27. The molecule has 0 unspecified atom stereocenters. The highest BCUT2D eigenvalue weighted by atomic mass is 16.6. The molecule has 0 radical (unpaired) electrons. The van der Waals surface area contributed by atoms with Gasteiger partial charge in [-0.1, -0.05) is 25.5 Å². The summed E-state index contributed by atoms with van der Waals surface area (Å²) in [6.07, 6.45) is 2.99.